The van der Waals surface area contributed by atoms with E-state index in [0.717, 1.165) is 5.56 Å². The topological polar surface area (TPSA) is 41.1 Å². The van der Waals surface area contributed by atoms with Gasteiger partial charge in [0, 0.05) is 18.1 Å². The maximum absolute atomic E-state index is 11.3. The van der Waals surface area contributed by atoms with Gasteiger partial charge in [0.15, 0.2) is 5.11 Å². The first-order valence-corrected chi connectivity index (χ1v) is 5.37. The third kappa shape index (κ3) is 4.42. The van der Waals surface area contributed by atoms with Crippen LogP contribution in [-0.2, 0) is 4.79 Å². The SMILES string of the molecule is CNC(=S)NC(=O)/C=C/c1ccc(Cl)cc1. The summed E-state index contributed by atoms with van der Waals surface area (Å²) in [5.41, 5.74) is 0.898. The van der Waals surface area contributed by atoms with E-state index < -0.39 is 0 Å². The van der Waals surface area contributed by atoms with Crippen LogP contribution in [0.3, 0.4) is 0 Å². The second-order valence-corrected chi connectivity index (χ2v) is 3.80. The van der Waals surface area contributed by atoms with E-state index in [9.17, 15) is 4.79 Å². The fourth-order valence-corrected chi connectivity index (χ4v) is 1.19. The lowest BCUT2D eigenvalue weighted by Gasteiger charge is -2.01. The van der Waals surface area contributed by atoms with Gasteiger partial charge in [0.2, 0.25) is 5.91 Å². The van der Waals surface area contributed by atoms with Gasteiger partial charge in [0.1, 0.15) is 0 Å². The lowest BCUT2D eigenvalue weighted by atomic mass is 10.2. The van der Waals surface area contributed by atoms with E-state index in [4.69, 9.17) is 23.8 Å². The third-order valence-electron chi connectivity index (χ3n) is 1.76. The number of carbonyl (C=O) groups is 1. The van der Waals surface area contributed by atoms with Crippen LogP contribution in [-0.4, -0.2) is 18.1 Å². The molecule has 0 saturated carbocycles. The lowest BCUT2D eigenvalue weighted by molar-refractivity contribution is -0.115. The molecule has 0 radical (unpaired) electrons. The van der Waals surface area contributed by atoms with Gasteiger partial charge < -0.3 is 5.32 Å². The average Bonchev–Trinajstić information content (AvgIpc) is 2.28. The number of halogens is 1. The number of benzene rings is 1. The van der Waals surface area contributed by atoms with Crippen LogP contribution >= 0.6 is 23.8 Å². The van der Waals surface area contributed by atoms with E-state index in [2.05, 4.69) is 10.6 Å². The highest BCUT2D eigenvalue weighted by Crippen LogP contribution is 2.10. The van der Waals surface area contributed by atoms with Gasteiger partial charge in [-0.15, -0.1) is 0 Å². The predicted molar refractivity (Wildman–Crippen MR) is 70.3 cm³/mol. The van der Waals surface area contributed by atoms with Crippen molar-refractivity contribution in [2.75, 3.05) is 7.05 Å². The Hall–Kier alpha value is -1.39. The highest BCUT2D eigenvalue weighted by molar-refractivity contribution is 7.80. The molecule has 0 atom stereocenters. The first-order valence-electron chi connectivity index (χ1n) is 4.58. The fourth-order valence-electron chi connectivity index (χ4n) is 0.962. The van der Waals surface area contributed by atoms with Gasteiger partial charge in [0.25, 0.3) is 0 Å². The zero-order valence-electron chi connectivity index (χ0n) is 8.66. The lowest BCUT2D eigenvalue weighted by Crippen LogP contribution is -2.36. The quantitative estimate of drug-likeness (QED) is 0.626. The summed E-state index contributed by atoms with van der Waals surface area (Å²) in [6.45, 7) is 0. The molecule has 0 aromatic heterocycles. The second-order valence-electron chi connectivity index (χ2n) is 2.95. The molecule has 0 fully saturated rings. The molecule has 0 aliphatic heterocycles. The smallest absolute Gasteiger partial charge is 0.250 e. The predicted octanol–water partition coefficient (Wildman–Crippen LogP) is 1.97. The van der Waals surface area contributed by atoms with Crippen molar-refractivity contribution in [1.29, 1.82) is 0 Å². The van der Waals surface area contributed by atoms with Crippen LogP contribution in [0.15, 0.2) is 30.3 Å². The molecule has 1 aromatic carbocycles. The van der Waals surface area contributed by atoms with E-state index in [1.54, 1.807) is 25.3 Å². The Labute approximate surface area is 104 Å². The molecule has 1 aromatic rings. The monoisotopic (exact) mass is 254 g/mol. The Morgan fingerprint density at radius 2 is 2.00 bits per heavy atom. The maximum Gasteiger partial charge on any atom is 0.250 e. The van der Waals surface area contributed by atoms with Crippen molar-refractivity contribution < 1.29 is 4.79 Å². The molecule has 3 nitrogen and oxygen atoms in total. The molecule has 84 valence electrons. The molecule has 0 spiro atoms. The Balaban J connectivity index is 2.56. The van der Waals surface area contributed by atoms with Crippen molar-refractivity contribution in [3.63, 3.8) is 0 Å². The number of hydrogen-bond acceptors (Lipinski definition) is 2. The number of nitrogens with one attached hydrogen (secondary N) is 2. The summed E-state index contributed by atoms with van der Waals surface area (Å²) >= 11 is 10.5. The normalized spacial score (nSPS) is 10.1. The number of rotatable bonds is 2. The summed E-state index contributed by atoms with van der Waals surface area (Å²) < 4.78 is 0. The zero-order chi connectivity index (χ0) is 12.0. The van der Waals surface area contributed by atoms with Crippen molar-refractivity contribution in [2.24, 2.45) is 0 Å². The molecule has 0 saturated heterocycles. The van der Waals surface area contributed by atoms with E-state index in [0.29, 0.717) is 10.1 Å². The van der Waals surface area contributed by atoms with E-state index in [-0.39, 0.29) is 5.91 Å². The molecule has 0 aliphatic rings. The number of carbonyl (C=O) groups excluding carboxylic acids is 1. The molecule has 0 unspecified atom stereocenters. The highest BCUT2D eigenvalue weighted by atomic mass is 35.5. The van der Waals surface area contributed by atoms with Gasteiger partial charge in [-0.2, -0.15) is 0 Å². The van der Waals surface area contributed by atoms with Crippen LogP contribution in [0, 0.1) is 0 Å². The Morgan fingerprint density at radius 3 is 2.56 bits per heavy atom. The van der Waals surface area contributed by atoms with Crippen molar-refractivity contribution in [3.05, 3.63) is 40.9 Å². The Morgan fingerprint density at radius 1 is 1.38 bits per heavy atom. The first-order chi connectivity index (χ1) is 7.61. The van der Waals surface area contributed by atoms with Crippen LogP contribution < -0.4 is 10.6 Å². The summed E-state index contributed by atoms with van der Waals surface area (Å²) in [5, 5.41) is 6.09. The van der Waals surface area contributed by atoms with Crippen LogP contribution in [0.4, 0.5) is 0 Å². The zero-order valence-corrected chi connectivity index (χ0v) is 10.2. The molecular formula is C11H11ClN2OS. The van der Waals surface area contributed by atoms with Crippen LogP contribution in [0.5, 0.6) is 0 Å². The molecular weight excluding hydrogens is 244 g/mol. The van der Waals surface area contributed by atoms with E-state index >= 15 is 0 Å². The molecule has 0 bridgehead atoms. The third-order valence-corrected chi connectivity index (χ3v) is 2.32. The summed E-state index contributed by atoms with van der Waals surface area (Å²) in [7, 11) is 1.64. The van der Waals surface area contributed by atoms with Crippen LogP contribution in [0.2, 0.25) is 5.02 Å². The molecule has 16 heavy (non-hydrogen) atoms. The van der Waals surface area contributed by atoms with Crippen LogP contribution in [0.25, 0.3) is 6.08 Å². The van der Waals surface area contributed by atoms with E-state index in [1.807, 2.05) is 12.1 Å². The molecule has 1 rings (SSSR count). The summed E-state index contributed by atoms with van der Waals surface area (Å²) in [6, 6.07) is 7.17. The molecule has 0 aliphatic carbocycles. The maximum atomic E-state index is 11.3. The second kappa shape index (κ2) is 6.25. The van der Waals surface area contributed by atoms with Crippen molar-refractivity contribution in [2.45, 2.75) is 0 Å². The van der Waals surface area contributed by atoms with Crippen molar-refractivity contribution in [1.82, 2.24) is 10.6 Å². The molecule has 2 N–H and O–H groups in total. The Kier molecular flexibility index (Phi) is 4.95. The van der Waals surface area contributed by atoms with Gasteiger partial charge >= 0.3 is 0 Å². The molecule has 5 heteroatoms. The molecule has 0 heterocycles. The van der Waals surface area contributed by atoms with Gasteiger partial charge in [-0.25, -0.2) is 0 Å². The average molecular weight is 255 g/mol. The number of amides is 1. The minimum Gasteiger partial charge on any atom is -0.365 e. The van der Waals surface area contributed by atoms with Crippen LogP contribution in [0.1, 0.15) is 5.56 Å². The Bertz CT molecular complexity index is 414. The molecule has 1 amide bonds. The highest BCUT2D eigenvalue weighted by Gasteiger charge is 1.97. The largest absolute Gasteiger partial charge is 0.365 e. The number of thiocarbonyl (C=S) groups is 1. The first kappa shape index (κ1) is 12.7. The van der Waals surface area contributed by atoms with E-state index in [1.165, 1.54) is 6.08 Å². The number of hydrogen-bond donors (Lipinski definition) is 2. The van der Waals surface area contributed by atoms with Gasteiger partial charge in [-0.3, -0.25) is 10.1 Å². The van der Waals surface area contributed by atoms with Gasteiger partial charge in [0.05, 0.1) is 0 Å². The summed E-state index contributed by atoms with van der Waals surface area (Å²) in [6.07, 6.45) is 3.09. The van der Waals surface area contributed by atoms with Crippen molar-refractivity contribution in [3.8, 4) is 0 Å². The minimum absolute atomic E-state index is 0.269. The van der Waals surface area contributed by atoms with Crippen molar-refractivity contribution >= 4 is 40.9 Å². The standard InChI is InChI=1S/C11H11ClN2OS/c1-13-11(16)14-10(15)7-4-8-2-5-9(12)6-3-8/h2-7H,1H3,(H2,13,14,15,16)/b7-4+. The minimum atomic E-state index is -0.269. The summed E-state index contributed by atoms with van der Waals surface area (Å²) in [4.78, 5) is 11.3. The van der Waals surface area contributed by atoms with Gasteiger partial charge in [-0.05, 0) is 36.0 Å². The van der Waals surface area contributed by atoms with Gasteiger partial charge in [-0.1, -0.05) is 23.7 Å². The fraction of sp³-hybridized carbons (Fsp3) is 0.0909. The summed E-state index contributed by atoms with van der Waals surface area (Å²) in [5.74, 6) is -0.269.